The first kappa shape index (κ1) is 15.1. The summed E-state index contributed by atoms with van der Waals surface area (Å²) in [5, 5.41) is 9.70. The SMILES string of the molecule is CCC(C)(C(=O)O)N(Cc1ccccc1)c1ccccc1. The van der Waals surface area contributed by atoms with Crippen LogP contribution in [0.2, 0.25) is 0 Å². The van der Waals surface area contributed by atoms with E-state index in [9.17, 15) is 9.90 Å². The maximum absolute atomic E-state index is 11.8. The molecule has 2 aromatic carbocycles. The highest BCUT2D eigenvalue weighted by Crippen LogP contribution is 2.29. The first-order valence-electron chi connectivity index (χ1n) is 7.18. The summed E-state index contributed by atoms with van der Waals surface area (Å²) < 4.78 is 0. The minimum Gasteiger partial charge on any atom is -0.480 e. The fraction of sp³-hybridized carbons (Fsp3) is 0.278. The lowest BCUT2D eigenvalue weighted by atomic mass is 9.94. The Bertz CT molecular complexity index is 583. The Morgan fingerprint density at radius 1 is 1.05 bits per heavy atom. The van der Waals surface area contributed by atoms with Crippen LogP contribution in [0.4, 0.5) is 5.69 Å². The van der Waals surface area contributed by atoms with Gasteiger partial charge in [-0.2, -0.15) is 0 Å². The van der Waals surface area contributed by atoms with Gasteiger partial charge in [0.2, 0.25) is 0 Å². The third-order valence-electron chi connectivity index (χ3n) is 4.00. The summed E-state index contributed by atoms with van der Waals surface area (Å²) in [4.78, 5) is 13.8. The molecule has 0 amide bonds. The van der Waals surface area contributed by atoms with E-state index in [-0.39, 0.29) is 0 Å². The quantitative estimate of drug-likeness (QED) is 0.872. The van der Waals surface area contributed by atoms with Crippen molar-refractivity contribution in [2.75, 3.05) is 4.90 Å². The second-order valence-electron chi connectivity index (χ2n) is 5.34. The van der Waals surface area contributed by atoms with E-state index in [2.05, 4.69) is 0 Å². The first-order valence-corrected chi connectivity index (χ1v) is 7.18. The number of benzene rings is 2. The molecule has 0 aliphatic carbocycles. The van der Waals surface area contributed by atoms with E-state index in [4.69, 9.17) is 0 Å². The molecule has 1 atom stereocenters. The summed E-state index contributed by atoms with van der Waals surface area (Å²) in [6.45, 7) is 4.27. The van der Waals surface area contributed by atoms with E-state index >= 15 is 0 Å². The van der Waals surface area contributed by atoms with Gasteiger partial charge in [-0.3, -0.25) is 0 Å². The molecule has 0 heterocycles. The van der Waals surface area contributed by atoms with Gasteiger partial charge in [-0.1, -0.05) is 55.5 Å². The Hall–Kier alpha value is -2.29. The van der Waals surface area contributed by atoms with Crippen LogP contribution in [-0.4, -0.2) is 16.6 Å². The van der Waals surface area contributed by atoms with E-state index in [1.165, 1.54) is 0 Å². The van der Waals surface area contributed by atoms with E-state index in [1.807, 2.05) is 72.5 Å². The standard InChI is InChI=1S/C18H21NO2/c1-3-18(2,17(20)21)19(16-12-8-5-9-13-16)14-15-10-6-4-7-11-15/h4-13H,3,14H2,1-2H3,(H,20,21). The Balaban J connectivity index is 2.42. The van der Waals surface area contributed by atoms with Crippen LogP contribution in [-0.2, 0) is 11.3 Å². The maximum Gasteiger partial charge on any atom is 0.329 e. The highest BCUT2D eigenvalue weighted by molar-refractivity contribution is 5.83. The molecule has 0 aromatic heterocycles. The molecule has 0 aliphatic heterocycles. The number of para-hydroxylation sites is 1. The molecule has 0 spiro atoms. The van der Waals surface area contributed by atoms with Crippen molar-refractivity contribution in [1.29, 1.82) is 0 Å². The van der Waals surface area contributed by atoms with Crippen molar-refractivity contribution < 1.29 is 9.90 Å². The van der Waals surface area contributed by atoms with Crippen molar-refractivity contribution >= 4 is 11.7 Å². The van der Waals surface area contributed by atoms with Gasteiger partial charge in [0, 0.05) is 12.2 Å². The van der Waals surface area contributed by atoms with Gasteiger partial charge in [0.15, 0.2) is 0 Å². The highest BCUT2D eigenvalue weighted by Gasteiger charge is 2.38. The van der Waals surface area contributed by atoms with Crippen molar-refractivity contribution in [2.45, 2.75) is 32.4 Å². The summed E-state index contributed by atoms with van der Waals surface area (Å²) in [6, 6.07) is 19.7. The normalized spacial score (nSPS) is 13.4. The van der Waals surface area contributed by atoms with Crippen LogP contribution in [0.25, 0.3) is 0 Å². The lowest BCUT2D eigenvalue weighted by Gasteiger charge is -2.39. The number of hydrogen-bond acceptors (Lipinski definition) is 2. The molecule has 0 saturated heterocycles. The molecule has 0 saturated carbocycles. The molecule has 1 unspecified atom stereocenters. The van der Waals surface area contributed by atoms with E-state index in [1.54, 1.807) is 6.92 Å². The molecule has 0 bridgehead atoms. The first-order chi connectivity index (χ1) is 10.1. The van der Waals surface area contributed by atoms with E-state index in [0.29, 0.717) is 13.0 Å². The molecular weight excluding hydrogens is 262 g/mol. The molecule has 2 aromatic rings. The number of rotatable bonds is 6. The Labute approximate surface area is 125 Å². The van der Waals surface area contributed by atoms with E-state index in [0.717, 1.165) is 11.3 Å². The molecule has 110 valence electrons. The highest BCUT2D eigenvalue weighted by atomic mass is 16.4. The third-order valence-corrected chi connectivity index (χ3v) is 4.00. The van der Waals surface area contributed by atoms with Gasteiger partial charge in [0.05, 0.1) is 0 Å². The summed E-state index contributed by atoms with van der Waals surface area (Å²) in [5.41, 5.74) is 1.09. The number of aliphatic carboxylic acids is 1. The summed E-state index contributed by atoms with van der Waals surface area (Å²) in [6.07, 6.45) is 0.532. The largest absolute Gasteiger partial charge is 0.480 e. The van der Waals surface area contributed by atoms with Gasteiger partial charge < -0.3 is 10.0 Å². The van der Waals surface area contributed by atoms with Gasteiger partial charge in [-0.15, -0.1) is 0 Å². The fourth-order valence-electron chi connectivity index (χ4n) is 2.38. The maximum atomic E-state index is 11.8. The molecule has 2 rings (SSSR count). The number of carboxylic acid groups (broad SMARTS) is 1. The number of carboxylic acids is 1. The van der Waals surface area contributed by atoms with Crippen LogP contribution in [0.3, 0.4) is 0 Å². The molecule has 1 N–H and O–H groups in total. The van der Waals surface area contributed by atoms with Crippen LogP contribution in [0.1, 0.15) is 25.8 Å². The number of carbonyl (C=O) groups is 1. The van der Waals surface area contributed by atoms with Crippen molar-refractivity contribution in [3.8, 4) is 0 Å². The van der Waals surface area contributed by atoms with Crippen molar-refractivity contribution in [2.24, 2.45) is 0 Å². The number of nitrogens with zero attached hydrogens (tertiary/aromatic N) is 1. The number of anilines is 1. The third kappa shape index (κ3) is 3.24. The predicted octanol–water partition coefficient (Wildman–Crippen LogP) is 3.95. The smallest absolute Gasteiger partial charge is 0.329 e. The molecule has 21 heavy (non-hydrogen) atoms. The molecule has 0 aliphatic rings. The summed E-state index contributed by atoms with van der Waals surface area (Å²) in [7, 11) is 0. The lowest BCUT2D eigenvalue weighted by molar-refractivity contribution is -0.143. The topological polar surface area (TPSA) is 40.5 Å². The summed E-state index contributed by atoms with van der Waals surface area (Å²) >= 11 is 0. The zero-order valence-electron chi connectivity index (χ0n) is 12.5. The molecule has 0 fully saturated rings. The molecular formula is C18H21NO2. The van der Waals surface area contributed by atoms with Crippen molar-refractivity contribution in [3.63, 3.8) is 0 Å². The lowest BCUT2D eigenvalue weighted by Crippen LogP contribution is -2.52. The minimum atomic E-state index is -0.933. The van der Waals surface area contributed by atoms with Crippen LogP contribution >= 0.6 is 0 Å². The van der Waals surface area contributed by atoms with Gasteiger partial charge in [0.1, 0.15) is 5.54 Å². The monoisotopic (exact) mass is 283 g/mol. The molecule has 0 radical (unpaired) electrons. The van der Waals surface area contributed by atoms with Gasteiger partial charge >= 0.3 is 5.97 Å². The Morgan fingerprint density at radius 3 is 2.05 bits per heavy atom. The van der Waals surface area contributed by atoms with Gasteiger partial charge in [0.25, 0.3) is 0 Å². The summed E-state index contributed by atoms with van der Waals surface area (Å²) in [5.74, 6) is -0.801. The zero-order valence-corrected chi connectivity index (χ0v) is 12.5. The van der Waals surface area contributed by atoms with Crippen LogP contribution < -0.4 is 4.90 Å². The average Bonchev–Trinajstić information content (AvgIpc) is 2.53. The Morgan fingerprint density at radius 2 is 1.57 bits per heavy atom. The zero-order chi connectivity index (χ0) is 15.3. The fourth-order valence-corrected chi connectivity index (χ4v) is 2.38. The second-order valence-corrected chi connectivity index (χ2v) is 5.34. The minimum absolute atomic E-state index is 0.532. The Kier molecular flexibility index (Phi) is 4.63. The molecule has 3 heteroatoms. The van der Waals surface area contributed by atoms with Crippen LogP contribution in [0.5, 0.6) is 0 Å². The van der Waals surface area contributed by atoms with Crippen LogP contribution in [0, 0.1) is 0 Å². The van der Waals surface area contributed by atoms with Crippen molar-refractivity contribution in [1.82, 2.24) is 0 Å². The van der Waals surface area contributed by atoms with Crippen molar-refractivity contribution in [3.05, 3.63) is 66.2 Å². The second kappa shape index (κ2) is 6.44. The number of hydrogen-bond donors (Lipinski definition) is 1. The molecule has 3 nitrogen and oxygen atoms in total. The average molecular weight is 283 g/mol. The predicted molar refractivity (Wildman–Crippen MR) is 85.4 cm³/mol. The van der Waals surface area contributed by atoms with Gasteiger partial charge in [-0.25, -0.2) is 4.79 Å². The van der Waals surface area contributed by atoms with E-state index < -0.39 is 11.5 Å². The van der Waals surface area contributed by atoms with Gasteiger partial charge in [-0.05, 0) is 31.0 Å². The van der Waals surface area contributed by atoms with Crippen LogP contribution in [0.15, 0.2) is 60.7 Å².